The van der Waals surface area contributed by atoms with Crippen molar-refractivity contribution in [1.82, 2.24) is 0 Å². The van der Waals surface area contributed by atoms with Crippen LogP contribution in [0, 0.1) is 25.6 Å². The molecule has 0 spiro atoms. The second-order valence-corrected chi connectivity index (χ2v) is 5.57. The average molecular weight is 271 g/mol. The molecule has 2 aromatic rings. The van der Waals surface area contributed by atoms with E-state index in [9.17, 15) is 4.39 Å². The van der Waals surface area contributed by atoms with Gasteiger partial charge in [0.05, 0.1) is 0 Å². The summed E-state index contributed by atoms with van der Waals surface area (Å²) in [6.45, 7) is 4.70. The molecule has 0 amide bonds. The molecule has 1 atom stereocenters. The number of aryl methyl sites for hydroxylation is 2. The molecule has 0 aliphatic carbocycles. The highest BCUT2D eigenvalue weighted by Crippen LogP contribution is 2.18. The van der Waals surface area contributed by atoms with E-state index in [4.69, 9.17) is 5.73 Å². The minimum atomic E-state index is -0.172. The molecule has 0 bridgehead atoms. The van der Waals surface area contributed by atoms with Crippen LogP contribution in [0.15, 0.2) is 42.5 Å². The van der Waals surface area contributed by atoms with Gasteiger partial charge in [-0.2, -0.15) is 0 Å². The first kappa shape index (κ1) is 14.7. The number of halogens is 1. The van der Waals surface area contributed by atoms with E-state index in [1.54, 1.807) is 6.07 Å². The van der Waals surface area contributed by atoms with E-state index in [0.717, 1.165) is 18.4 Å². The second kappa shape index (κ2) is 6.67. The SMILES string of the molecule is Cc1cccc(CC(CN)Cc2ccc(F)cc2C)c1. The molecule has 0 aromatic heterocycles. The number of nitrogens with two attached hydrogens (primary N) is 1. The summed E-state index contributed by atoms with van der Waals surface area (Å²) < 4.78 is 13.1. The summed E-state index contributed by atoms with van der Waals surface area (Å²) in [4.78, 5) is 0. The van der Waals surface area contributed by atoms with Crippen LogP contribution in [0.5, 0.6) is 0 Å². The smallest absolute Gasteiger partial charge is 0.123 e. The Hall–Kier alpha value is -1.67. The standard InChI is InChI=1S/C18H22FN/c1-13-4-3-5-15(8-13)10-16(12-20)11-17-6-7-18(19)9-14(17)2/h3-9,16H,10-12,20H2,1-2H3. The van der Waals surface area contributed by atoms with Gasteiger partial charge in [0.15, 0.2) is 0 Å². The van der Waals surface area contributed by atoms with Crippen LogP contribution in [-0.4, -0.2) is 6.54 Å². The van der Waals surface area contributed by atoms with Crippen molar-refractivity contribution in [3.63, 3.8) is 0 Å². The van der Waals surface area contributed by atoms with Gasteiger partial charge in [-0.25, -0.2) is 4.39 Å². The highest BCUT2D eigenvalue weighted by Gasteiger charge is 2.11. The van der Waals surface area contributed by atoms with Crippen molar-refractivity contribution in [3.8, 4) is 0 Å². The molecular weight excluding hydrogens is 249 g/mol. The van der Waals surface area contributed by atoms with Crippen molar-refractivity contribution in [1.29, 1.82) is 0 Å². The Morgan fingerprint density at radius 3 is 2.50 bits per heavy atom. The molecule has 1 unspecified atom stereocenters. The molecule has 0 radical (unpaired) electrons. The lowest BCUT2D eigenvalue weighted by atomic mass is 9.90. The van der Waals surface area contributed by atoms with Crippen LogP contribution in [0.25, 0.3) is 0 Å². The lowest BCUT2D eigenvalue weighted by Crippen LogP contribution is -2.19. The number of rotatable bonds is 5. The fourth-order valence-electron chi connectivity index (χ4n) is 2.61. The first-order chi connectivity index (χ1) is 9.58. The van der Waals surface area contributed by atoms with Gasteiger partial charge < -0.3 is 5.73 Å². The van der Waals surface area contributed by atoms with Crippen molar-refractivity contribution < 1.29 is 4.39 Å². The second-order valence-electron chi connectivity index (χ2n) is 5.57. The van der Waals surface area contributed by atoms with Crippen LogP contribution >= 0.6 is 0 Å². The zero-order chi connectivity index (χ0) is 14.5. The lowest BCUT2D eigenvalue weighted by Gasteiger charge is -2.16. The predicted molar refractivity (Wildman–Crippen MR) is 82.3 cm³/mol. The van der Waals surface area contributed by atoms with Crippen LogP contribution in [-0.2, 0) is 12.8 Å². The highest BCUT2D eigenvalue weighted by atomic mass is 19.1. The van der Waals surface area contributed by atoms with Gasteiger partial charge in [0, 0.05) is 0 Å². The number of hydrogen-bond donors (Lipinski definition) is 1. The molecule has 0 aliphatic heterocycles. The Labute approximate surface area is 120 Å². The lowest BCUT2D eigenvalue weighted by molar-refractivity contribution is 0.531. The molecule has 20 heavy (non-hydrogen) atoms. The minimum Gasteiger partial charge on any atom is -0.330 e. The largest absolute Gasteiger partial charge is 0.330 e. The molecule has 0 aliphatic rings. The zero-order valence-electron chi connectivity index (χ0n) is 12.2. The molecule has 0 fully saturated rings. The number of benzene rings is 2. The van der Waals surface area contributed by atoms with Gasteiger partial charge in [0.25, 0.3) is 0 Å². The third-order valence-corrected chi connectivity index (χ3v) is 3.75. The van der Waals surface area contributed by atoms with E-state index in [2.05, 4.69) is 31.2 Å². The Balaban J connectivity index is 2.09. The maximum atomic E-state index is 13.1. The van der Waals surface area contributed by atoms with E-state index < -0.39 is 0 Å². The molecule has 2 rings (SSSR count). The van der Waals surface area contributed by atoms with Crippen molar-refractivity contribution in [2.24, 2.45) is 11.7 Å². The van der Waals surface area contributed by atoms with E-state index in [0.29, 0.717) is 12.5 Å². The maximum absolute atomic E-state index is 13.1. The van der Waals surface area contributed by atoms with Gasteiger partial charge in [-0.3, -0.25) is 0 Å². The van der Waals surface area contributed by atoms with Crippen molar-refractivity contribution in [2.75, 3.05) is 6.54 Å². The van der Waals surface area contributed by atoms with Gasteiger partial charge >= 0.3 is 0 Å². The molecule has 2 heteroatoms. The normalized spacial score (nSPS) is 12.4. The van der Waals surface area contributed by atoms with Crippen LogP contribution in [0.3, 0.4) is 0 Å². The van der Waals surface area contributed by atoms with Crippen LogP contribution in [0.4, 0.5) is 4.39 Å². The summed E-state index contributed by atoms with van der Waals surface area (Å²) in [5.74, 6) is 0.218. The van der Waals surface area contributed by atoms with E-state index in [-0.39, 0.29) is 5.82 Å². The van der Waals surface area contributed by atoms with Gasteiger partial charge in [-0.05, 0) is 68.0 Å². The molecular formula is C18H22FN. The van der Waals surface area contributed by atoms with Crippen molar-refractivity contribution in [3.05, 3.63) is 70.5 Å². The number of hydrogen-bond acceptors (Lipinski definition) is 1. The predicted octanol–water partition coefficient (Wildman–Crippen LogP) is 3.80. The van der Waals surface area contributed by atoms with Gasteiger partial charge in [0.2, 0.25) is 0 Å². The summed E-state index contributed by atoms with van der Waals surface area (Å²) in [5, 5.41) is 0. The first-order valence-electron chi connectivity index (χ1n) is 7.09. The first-order valence-corrected chi connectivity index (χ1v) is 7.09. The Bertz CT molecular complexity index is 577. The van der Waals surface area contributed by atoms with Gasteiger partial charge in [0.1, 0.15) is 5.82 Å². The third kappa shape index (κ3) is 3.91. The van der Waals surface area contributed by atoms with Gasteiger partial charge in [-0.1, -0.05) is 35.9 Å². The summed E-state index contributed by atoms with van der Waals surface area (Å²) in [6.07, 6.45) is 1.87. The molecule has 0 saturated heterocycles. The highest BCUT2D eigenvalue weighted by molar-refractivity contribution is 5.28. The fraction of sp³-hybridized carbons (Fsp3) is 0.333. The summed E-state index contributed by atoms with van der Waals surface area (Å²) in [7, 11) is 0. The van der Waals surface area contributed by atoms with E-state index >= 15 is 0 Å². The molecule has 1 nitrogen and oxygen atoms in total. The van der Waals surface area contributed by atoms with Crippen LogP contribution < -0.4 is 5.73 Å². The third-order valence-electron chi connectivity index (χ3n) is 3.75. The fourth-order valence-corrected chi connectivity index (χ4v) is 2.61. The molecule has 106 valence electrons. The van der Waals surface area contributed by atoms with Crippen molar-refractivity contribution in [2.45, 2.75) is 26.7 Å². The monoisotopic (exact) mass is 271 g/mol. The van der Waals surface area contributed by atoms with E-state index in [1.165, 1.54) is 22.8 Å². The van der Waals surface area contributed by atoms with Crippen LogP contribution in [0.1, 0.15) is 22.3 Å². The summed E-state index contributed by atoms with van der Waals surface area (Å²) in [5.41, 5.74) is 10.7. The van der Waals surface area contributed by atoms with Crippen molar-refractivity contribution >= 4 is 0 Å². The summed E-state index contributed by atoms with van der Waals surface area (Å²) in [6, 6.07) is 13.5. The quantitative estimate of drug-likeness (QED) is 0.879. The minimum absolute atomic E-state index is 0.172. The Morgan fingerprint density at radius 2 is 1.85 bits per heavy atom. The zero-order valence-corrected chi connectivity index (χ0v) is 12.2. The molecule has 2 N–H and O–H groups in total. The molecule has 0 saturated carbocycles. The summed E-state index contributed by atoms with van der Waals surface area (Å²) >= 11 is 0. The Morgan fingerprint density at radius 1 is 1.05 bits per heavy atom. The van der Waals surface area contributed by atoms with E-state index in [1.807, 2.05) is 13.0 Å². The van der Waals surface area contributed by atoms with Crippen LogP contribution in [0.2, 0.25) is 0 Å². The average Bonchev–Trinajstić information content (AvgIpc) is 2.41. The van der Waals surface area contributed by atoms with Gasteiger partial charge in [-0.15, -0.1) is 0 Å². The maximum Gasteiger partial charge on any atom is 0.123 e. The molecule has 0 heterocycles. The molecule has 2 aromatic carbocycles. The topological polar surface area (TPSA) is 26.0 Å². The Kier molecular flexibility index (Phi) is 4.91.